The molecule has 15 heavy (non-hydrogen) atoms. The summed E-state index contributed by atoms with van der Waals surface area (Å²) in [6.07, 6.45) is 1.80. The molecule has 0 aliphatic heterocycles. The Bertz CT molecular complexity index is 363. The zero-order valence-electron chi connectivity index (χ0n) is 8.44. The van der Waals surface area contributed by atoms with Gasteiger partial charge in [0, 0.05) is 11.4 Å². The predicted molar refractivity (Wildman–Crippen MR) is 59.5 cm³/mol. The third-order valence-electron chi connectivity index (χ3n) is 2.71. The van der Waals surface area contributed by atoms with Crippen LogP contribution >= 0.6 is 11.3 Å². The van der Waals surface area contributed by atoms with Gasteiger partial charge in [0.2, 0.25) is 0 Å². The third kappa shape index (κ3) is 2.78. The number of nitriles is 1. The number of nitrogens with one attached hydrogen (secondary N) is 1. The van der Waals surface area contributed by atoms with Crippen molar-refractivity contribution in [2.45, 2.75) is 25.5 Å². The van der Waals surface area contributed by atoms with Crippen LogP contribution in [0.15, 0.2) is 12.1 Å². The van der Waals surface area contributed by atoms with Gasteiger partial charge in [0.1, 0.15) is 10.9 Å². The lowest BCUT2D eigenvalue weighted by molar-refractivity contribution is 0.0430. The number of hydrogen-bond donors (Lipinski definition) is 2. The fourth-order valence-electron chi connectivity index (χ4n) is 1.80. The molecule has 3 nitrogen and oxygen atoms in total. The molecule has 1 fully saturated rings. The third-order valence-corrected chi connectivity index (χ3v) is 3.70. The lowest BCUT2D eigenvalue weighted by Crippen LogP contribution is -2.35. The molecule has 1 saturated carbocycles. The van der Waals surface area contributed by atoms with E-state index in [0.29, 0.717) is 5.92 Å². The van der Waals surface area contributed by atoms with E-state index in [1.807, 2.05) is 12.1 Å². The molecule has 1 heterocycles. The summed E-state index contributed by atoms with van der Waals surface area (Å²) in [5.41, 5.74) is 0. The van der Waals surface area contributed by atoms with Gasteiger partial charge in [-0.25, -0.2) is 0 Å². The van der Waals surface area contributed by atoms with Gasteiger partial charge in [0.15, 0.2) is 0 Å². The molecule has 0 spiro atoms. The van der Waals surface area contributed by atoms with Crippen molar-refractivity contribution < 1.29 is 5.11 Å². The van der Waals surface area contributed by atoms with Crippen LogP contribution in [0.5, 0.6) is 0 Å². The molecule has 1 aliphatic rings. The van der Waals surface area contributed by atoms with Crippen molar-refractivity contribution in [2.24, 2.45) is 5.92 Å². The number of hydrogen-bond acceptors (Lipinski definition) is 4. The number of rotatable bonds is 4. The largest absolute Gasteiger partial charge is 0.393 e. The Morgan fingerprint density at radius 2 is 2.33 bits per heavy atom. The fourth-order valence-corrected chi connectivity index (χ4v) is 2.57. The first-order valence-electron chi connectivity index (χ1n) is 5.15. The lowest BCUT2D eigenvalue weighted by Gasteiger charge is -2.31. The van der Waals surface area contributed by atoms with E-state index in [1.54, 1.807) is 0 Å². The van der Waals surface area contributed by atoms with E-state index in [-0.39, 0.29) is 6.10 Å². The van der Waals surface area contributed by atoms with Gasteiger partial charge >= 0.3 is 0 Å². The van der Waals surface area contributed by atoms with E-state index in [2.05, 4.69) is 11.4 Å². The van der Waals surface area contributed by atoms with Gasteiger partial charge in [-0.05, 0) is 37.4 Å². The van der Waals surface area contributed by atoms with Crippen molar-refractivity contribution in [3.63, 3.8) is 0 Å². The summed E-state index contributed by atoms with van der Waals surface area (Å²) in [5.74, 6) is 0.635. The van der Waals surface area contributed by atoms with Crippen LogP contribution in [0.4, 0.5) is 0 Å². The highest BCUT2D eigenvalue weighted by molar-refractivity contribution is 7.12. The average molecular weight is 222 g/mol. The Balaban J connectivity index is 1.68. The maximum absolute atomic E-state index is 9.11. The zero-order valence-corrected chi connectivity index (χ0v) is 9.26. The molecule has 1 aromatic rings. The van der Waals surface area contributed by atoms with Crippen LogP contribution in [0.1, 0.15) is 22.6 Å². The Morgan fingerprint density at radius 3 is 2.93 bits per heavy atom. The maximum Gasteiger partial charge on any atom is 0.110 e. The van der Waals surface area contributed by atoms with Gasteiger partial charge in [-0.1, -0.05) is 0 Å². The summed E-state index contributed by atoms with van der Waals surface area (Å²) in [5, 5.41) is 21.1. The van der Waals surface area contributed by atoms with Crippen molar-refractivity contribution in [3.05, 3.63) is 21.9 Å². The number of nitrogens with zero attached hydrogens (tertiary/aromatic N) is 1. The van der Waals surface area contributed by atoms with Crippen molar-refractivity contribution in [1.82, 2.24) is 5.32 Å². The van der Waals surface area contributed by atoms with Crippen LogP contribution in [0.25, 0.3) is 0 Å². The minimum atomic E-state index is -0.0660. The van der Waals surface area contributed by atoms with Gasteiger partial charge in [-0.15, -0.1) is 11.3 Å². The summed E-state index contributed by atoms with van der Waals surface area (Å²) in [6.45, 7) is 1.80. The van der Waals surface area contributed by atoms with Crippen LogP contribution in [-0.2, 0) is 6.54 Å². The lowest BCUT2D eigenvalue weighted by atomic mass is 9.82. The predicted octanol–water partition coefficient (Wildman–Crippen LogP) is 1.48. The molecule has 0 bridgehead atoms. The normalized spacial score (nSPS) is 24.5. The Morgan fingerprint density at radius 1 is 1.53 bits per heavy atom. The van der Waals surface area contributed by atoms with E-state index in [1.165, 1.54) is 16.2 Å². The molecule has 0 aromatic carbocycles. The molecule has 0 amide bonds. The van der Waals surface area contributed by atoms with Gasteiger partial charge in [0.05, 0.1) is 6.10 Å². The minimum Gasteiger partial charge on any atom is -0.393 e. The second kappa shape index (κ2) is 4.75. The molecule has 1 aromatic heterocycles. The highest BCUT2D eigenvalue weighted by atomic mass is 32.1. The van der Waals surface area contributed by atoms with E-state index < -0.39 is 0 Å². The Labute approximate surface area is 93.4 Å². The molecule has 4 heteroatoms. The Kier molecular flexibility index (Phi) is 3.37. The second-order valence-electron chi connectivity index (χ2n) is 4.00. The zero-order chi connectivity index (χ0) is 10.7. The Hall–Kier alpha value is -0.890. The molecule has 0 saturated heterocycles. The van der Waals surface area contributed by atoms with Crippen LogP contribution in [0, 0.1) is 17.2 Å². The molecule has 2 rings (SSSR count). The first kappa shape index (κ1) is 10.6. The number of thiophene rings is 1. The molecule has 2 N–H and O–H groups in total. The monoisotopic (exact) mass is 222 g/mol. The van der Waals surface area contributed by atoms with Crippen molar-refractivity contribution in [2.75, 3.05) is 6.54 Å². The van der Waals surface area contributed by atoms with Crippen molar-refractivity contribution >= 4 is 11.3 Å². The standard InChI is InChI=1S/C11H14N2OS/c12-5-10-1-2-11(15-10)7-13-6-8-3-9(14)4-8/h1-2,8-9,13-14H,3-4,6-7H2. The molecule has 0 radical (unpaired) electrons. The summed E-state index contributed by atoms with van der Waals surface area (Å²) in [6, 6.07) is 5.98. The molecular weight excluding hydrogens is 208 g/mol. The maximum atomic E-state index is 9.11. The molecule has 0 unspecified atom stereocenters. The van der Waals surface area contributed by atoms with Crippen molar-refractivity contribution in [3.8, 4) is 6.07 Å². The van der Waals surface area contributed by atoms with Crippen LogP contribution in [0.3, 0.4) is 0 Å². The van der Waals surface area contributed by atoms with Gasteiger partial charge in [-0.2, -0.15) is 5.26 Å². The molecule has 0 atom stereocenters. The quantitative estimate of drug-likeness (QED) is 0.811. The van der Waals surface area contributed by atoms with Crippen LogP contribution < -0.4 is 5.32 Å². The first-order valence-corrected chi connectivity index (χ1v) is 5.97. The van der Waals surface area contributed by atoms with Crippen molar-refractivity contribution in [1.29, 1.82) is 5.26 Å². The number of aliphatic hydroxyl groups excluding tert-OH is 1. The molecule has 80 valence electrons. The van der Waals surface area contributed by atoms with E-state index in [9.17, 15) is 0 Å². The van der Waals surface area contributed by atoms with E-state index >= 15 is 0 Å². The average Bonchev–Trinajstić information content (AvgIpc) is 2.63. The van der Waals surface area contributed by atoms with Crippen LogP contribution in [0.2, 0.25) is 0 Å². The SMILES string of the molecule is N#Cc1ccc(CNCC2CC(O)C2)s1. The van der Waals surface area contributed by atoms with Gasteiger partial charge < -0.3 is 10.4 Å². The fraction of sp³-hybridized carbons (Fsp3) is 0.545. The first-order chi connectivity index (χ1) is 7.28. The second-order valence-corrected chi connectivity index (χ2v) is 5.17. The number of aliphatic hydroxyl groups is 1. The highest BCUT2D eigenvalue weighted by Crippen LogP contribution is 2.26. The highest BCUT2D eigenvalue weighted by Gasteiger charge is 2.26. The summed E-state index contributed by atoms with van der Waals surface area (Å²) < 4.78 is 0. The molecular formula is C11H14N2OS. The minimum absolute atomic E-state index is 0.0660. The summed E-state index contributed by atoms with van der Waals surface area (Å²) in [7, 11) is 0. The smallest absolute Gasteiger partial charge is 0.110 e. The molecule has 1 aliphatic carbocycles. The van der Waals surface area contributed by atoms with Crippen LogP contribution in [-0.4, -0.2) is 17.8 Å². The van der Waals surface area contributed by atoms with E-state index in [0.717, 1.165) is 30.8 Å². The topological polar surface area (TPSA) is 56.0 Å². The van der Waals surface area contributed by atoms with E-state index in [4.69, 9.17) is 10.4 Å². The summed E-state index contributed by atoms with van der Waals surface area (Å²) >= 11 is 1.54. The van der Waals surface area contributed by atoms with Gasteiger partial charge in [0.25, 0.3) is 0 Å². The summed E-state index contributed by atoms with van der Waals surface area (Å²) in [4.78, 5) is 1.97. The van der Waals surface area contributed by atoms with Gasteiger partial charge in [-0.3, -0.25) is 0 Å².